The summed E-state index contributed by atoms with van der Waals surface area (Å²) < 4.78 is 27.9. The highest BCUT2D eigenvalue weighted by Crippen LogP contribution is 2.26. The first-order chi connectivity index (χ1) is 7.85. The summed E-state index contributed by atoms with van der Waals surface area (Å²) in [5.74, 6) is 0.530. The molecule has 0 aliphatic heterocycles. The average Bonchev–Trinajstić information content (AvgIpc) is 2.64. The van der Waals surface area contributed by atoms with Crippen molar-refractivity contribution in [2.45, 2.75) is 43.9 Å². The minimum atomic E-state index is -3.35. The predicted octanol–water partition coefficient (Wildman–Crippen LogP) is 3.61. The van der Waals surface area contributed by atoms with Crippen molar-refractivity contribution >= 4 is 37.3 Å². The van der Waals surface area contributed by atoms with Crippen molar-refractivity contribution in [2.75, 3.05) is 0 Å². The van der Waals surface area contributed by atoms with E-state index in [0.29, 0.717) is 10.1 Å². The monoisotopic (exact) mass is 339 g/mol. The number of sulfonamides is 1. The van der Waals surface area contributed by atoms with Crippen LogP contribution in [0.1, 0.15) is 33.6 Å². The number of thiophene rings is 1. The maximum absolute atomic E-state index is 12.0. The third-order valence-electron chi connectivity index (χ3n) is 2.62. The summed E-state index contributed by atoms with van der Waals surface area (Å²) in [5.41, 5.74) is 0. The predicted molar refractivity (Wildman–Crippen MR) is 75.9 cm³/mol. The van der Waals surface area contributed by atoms with Gasteiger partial charge in [0, 0.05) is 6.04 Å². The van der Waals surface area contributed by atoms with Crippen LogP contribution in [0.5, 0.6) is 0 Å². The van der Waals surface area contributed by atoms with Crippen molar-refractivity contribution in [3.05, 3.63) is 15.9 Å². The normalized spacial score (nSPS) is 15.8. The minimum absolute atomic E-state index is 0.0316. The fourth-order valence-electron chi connectivity index (χ4n) is 1.58. The van der Waals surface area contributed by atoms with E-state index < -0.39 is 10.0 Å². The lowest BCUT2D eigenvalue weighted by Crippen LogP contribution is -2.33. The van der Waals surface area contributed by atoms with Crippen LogP contribution in [-0.4, -0.2) is 14.5 Å². The maximum atomic E-state index is 12.0. The van der Waals surface area contributed by atoms with Crippen molar-refractivity contribution in [2.24, 2.45) is 5.92 Å². The highest BCUT2D eigenvalue weighted by Gasteiger charge is 2.20. The van der Waals surface area contributed by atoms with E-state index in [2.05, 4.69) is 34.5 Å². The molecular formula is C11H18BrNO2S2. The molecule has 0 fully saturated rings. The van der Waals surface area contributed by atoms with Gasteiger partial charge in [-0.25, -0.2) is 13.1 Å². The third-order valence-corrected chi connectivity index (χ3v) is 6.33. The standard InChI is InChI=1S/C11H18BrNO2S2/c1-4-8(2)7-9(3)13-17(14,15)11-6-5-10(12)16-11/h5-6,8-9,13H,4,7H2,1-3H3. The van der Waals surface area contributed by atoms with Crippen molar-refractivity contribution < 1.29 is 8.42 Å². The van der Waals surface area contributed by atoms with Gasteiger partial charge in [-0.1, -0.05) is 20.3 Å². The van der Waals surface area contributed by atoms with Gasteiger partial charge in [0.05, 0.1) is 3.79 Å². The molecule has 6 heteroatoms. The van der Waals surface area contributed by atoms with Crippen molar-refractivity contribution in [1.29, 1.82) is 0 Å². The van der Waals surface area contributed by atoms with E-state index in [4.69, 9.17) is 0 Å². The molecule has 1 aromatic heterocycles. The Kier molecular flexibility index (Phi) is 5.63. The fraction of sp³-hybridized carbons (Fsp3) is 0.636. The van der Waals surface area contributed by atoms with Crippen molar-refractivity contribution in [1.82, 2.24) is 4.72 Å². The Hall–Kier alpha value is 0.0900. The van der Waals surface area contributed by atoms with Gasteiger partial charge in [0.25, 0.3) is 0 Å². The Morgan fingerprint density at radius 2 is 2.06 bits per heavy atom. The van der Waals surface area contributed by atoms with E-state index in [1.54, 1.807) is 12.1 Å². The quantitative estimate of drug-likeness (QED) is 0.860. The largest absolute Gasteiger partial charge is 0.250 e. The molecule has 0 spiro atoms. The first kappa shape index (κ1) is 15.1. The number of rotatable bonds is 6. The molecule has 17 heavy (non-hydrogen) atoms. The molecule has 1 heterocycles. The lowest BCUT2D eigenvalue weighted by atomic mass is 10.0. The molecule has 3 nitrogen and oxygen atoms in total. The Balaban J connectivity index is 2.67. The lowest BCUT2D eigenvalue weighted by molar-refractivity contribution is 0.446. The molecule has 1 aromatic rings. The van der Waals surface area contributed by atoms with Gasteiger partial charge < -0.3 is 0 Å². The van der Waals surface area contributed by atoms with Crippen LogP contribution in [-0.2, 0) is 10.0 Å². The van der Waals surface area contributed by atoms with Crippen LogP contribution in [0.15, 0.2) is 20.1 Å². The van der Waals surface area contributed by atoms with E-state index in [1.165, 1.54) is 11.3 Å². The van der Waals surface area contributed by atoms with E-state index in [-0.39, 0.29) is 6.04 Å². The molecule has 1 N–H and O–H groups in total. The molecule has 0 bridgehead atoms. The Labute approximate surface area is 116 Å². The Morgan fingerprint density at radius 1 is 1.41 bits per heavy atom. The molecule has 98 valence electrons. The molecule has 0 saturated carbocycles. The minimum Gasteiger partial charge on any atom is -0.208 e. The second kappa shape index (κ2) is 6.31. The molecule has 0 radical (unpaired) electrons. The summed E-state index contributed by atoms with van der Waals surface area (Å²) in [6, 6.07) is 3.34. The molecule has 0 aromatic carbocycles. The Morgan fingerprint density at radius 3 is 2.53 bits per heavy atom. The van der Waals surface area contributed by atoms with Crippen LogP contribution in [0.4, 0.5) is 0 Å². The molecule has 0 amide bonds. The van der Waals surface area contributed by atoms with Gasteiger partial charge in [-0.2, -0.15) is 0 Å². The van der Waals surface area contributed by atoms with Gasteiger partial charge in [0.1, 0.15) is 4.21 Å². The number of hydrogen-bond donors (Lipinski definition) is 1. The van der Waals surface area contributed by atoms with Crippen molar-refractivity contribution in [3.63, 3.8) is 0 Å². The number of nitrogens with one attached hydrogen (secondary N) is 1. The number of hydrogen-bond acceptors (Lipinski definition) is 3. The molecule has 2 unspecified atom stereocenters. The van der Waals surface area contributed by atoms with Crippen molar-refractivity contribution in [3.8, 4) is 0 Å². The zero-order chi connectivity index (χ0) is 13.1. The molecule has 2 atom stereocenters. The van der Waals surface area contributed by atoms with Crippen LogP contribution in [0.25, 0.3) is 0 Å². The first-order valence-electron chi connectivity index (χ1n) is 5.62. The zero-order valence-corrected chi connectivity index (χ0v) is 13.5. The summed E-state index contributed by atoms with van der Waals surface area (Å²) >= 11 is 4.50. The average molecular weight is 340 g/mol. The van der Waals surface area contributed by atoms with E-state index in [0.717, 1.165) is 16.6 Å². The van der Waals surface area contributed by atoms with Crippen LogP contribution in [0, 0.1) is 5.92 Å². The summed E-state index contributed by atoms with van der Waals surface area (Å²) in [6.45, 7) is 6.15. The van der Waals surface area contributed by atoms with Crippen LogP contribution in [0.2, 0.25) is 0 Å². The molecule has 0 aliphatic rings. The third kappa shape index (κ3) is 4.69. The SMILES string of the molecule is CCC(C)CC(C)NS(=O)(=O)c1ccc(Br)s1. The second-order valence-corrected chi connectivity index (χ2v) is 8.73. The molecular weight excluding hydrogens is 322 g/mol. The van der Waals surface area contributed by atoms with Gasteiger partial charge in [0.2, 0.25) is 10.0 Å². The van der Waals surface area contributed by atoms with Gasteiger partial charge in [-0.3, -0.25) is 0 Å². The maximum Gasteiger partial charge on any atom is 0.250 e. The van der Waals surface area contributed by atoms with E-state index >= 15 is 0 Å². The van der Waals surface area contributed by atoms with E-state index in [9.17, 15) is 8.42 Å². The summed E-state index contributed by atoms with van der Waals surface area (Å²) in [7, 11) is -3.35. The zero-order valence-electron chi connectivity index (χ0n) is 10.2. The van der Waals surface area contributed by atoms with E-state index in [1.807, 2.05) is 6.92 Å². The smallest absolute Gasteiger partial charge is 0.208 e. The molecule has 1 rings (SSSR count). The van der Waals surface area contributed by atoms with Crippen LogP contribution >= 0.6 is 27.3 Å². The van der Waals surface area contributed by atoms with Crippen LogP contribution in [0.3, 0.4) is 0 Å². The molecule has 0 saturated heterocycles. The van der Waals surface area contributed by atoms with Crippen LogP contribution < -0.4 is 4.72 Å². The van der Waals surface area contributed by atoms with Gasteiger partial charge >= 0.3 is 0 Å². The molecule has 0 aliphatic carbocycles. The highest BCUT2D eigenvalue weighted by atomic mass is 79.9. The topological polar surface area (TPSA) is 46.2 Å². The summed E-state index contributed by atoms with van der Waals surface area (Å²) in [6.07, 6.45) is 1.93. The second-order valence-electron chi connectivity index (χ2n) is 4.33. The number of halogens is 1. The fourth-order valence-corrected chi connectivity index (χ4v) is 4.87. The lowest BCUT2D eigenvalue weighted by Gasteiger charge is -2.16. The Bertz CT molecular complexity index is 456. The first-order valence-corrected chi connectivity index (χ1v) is 8.72. The summed E-state index contributed by atoms with van der Waals surface area (Å²) in [5, 5.41) is 0. The summed E-state index contributed by atoms with van der Waals surface area (Å²) in [4.78, 5) is 0. The van der Waals surface area contributed by atoms with Gasteiger partial charge in [-0.05, 0) is 47.3 Å². The van der Waals surface area contributed by atoms with Gasteiger partial charge in [0.15, 0.2) is 0 Å². The highest BCUT2D eigenvalue weighted by molar-refractivity contribution is 9.11. The van der Waals surface area contributed by atoms with Gasteiger partial charge in [-0.15, -0.1) is 11.3 Å².